The lowest BCUT2D eigenvalue weighted by molar-refractivity contribution is 0.729. The molecule has 1 atom stereocenters. The topological polar surface area (TPSA) is 26.0 Å². The molecule has 1 heterocycles. The van der Waals surface area contributed by atoms with Crippen LogP contribution in [0.25, 0.3) is 0 Å². The van der Waals surface area contributed by atoms with Gasteiger partial charge >= 0.3 is 0 Å². The summed E-state index contributed by atoms with van der Waals surface area (Å²) in [5, 5.41) is 0. The predicted octanol–water partition coefficient (Wildman–Crippen LogP) is 4.37. The van der Waals surface area contributed by atoms with Crippen molar-refractivity contribution in [1.82, 2.24) is 0 Å². The zero-order chi connectivity index (χ0) is 12.4. The summed E-state index contributed by atoms with van der Waals surface area (Å²) in [5.74, 6) is 0. The average Bonchev–Trinajstić information content (AvgIpc) is 2.68. The highest BCUT2D eigenvalue weighted by molar-refractivity contribution is 9.11. The fourth-order valence-electron chi connectivity index (χ4n) is 1.79. The van der Waals surface area contributed by atoms with Gasteiger partial charge in [0.1, 0.15) is 0 Å². The van der Waals surface area contributed by atoms with Crippen molar-refractivity contribution in [2.45, 2.75) is 26.3 Å². The lowest BCUT2D eigenvalue weighted by Gasteiger charge is -2.12. The summed E-state index contributed by atoms with van der Waals surface area (Å²) in [6.45, 7) is 4.26. The first-order valence-corrected chi connectivity index (χ1v) is 7.24. The van der Waals surface area contributed by atoms with Gasteiger partial charge in [-0.25, -0.2) is 0 Å². The molecule has 0 saturated carbocycles. The van der Waals surface area contributed by atoms with Crippen LogP contribution in [0.5, 0.6) is 0 Å². The number of benzene rings is 1. The number of nitrogens with two attached hydrogens (primary N) is 1. The molecule has 0 aliphatic carbocycles. The molecule has 17 heavy (non-hydrogen) atoms. The fourth-order valence-corrected chi connectivity index (χ4v) is 3.33. The van der Waals surface area contributed by atoms with Crippen molar-refractivity contribution in [1.29, 1.82) is 0 Å². The Bertz CT molecular complexity index is 519. The largest absolute Gasteiger partial charge is 0.324 e. The first kappa shape index (κ1) is 12.8. The van der Waals surface area contributed by atoms with Crippen LogP contribution >= 0.6 is 27.3 Å². The van der Waals surface area contributed by atoms with Gasteiger partial charge in [-0.3, -0.25) is 0 Å². The van der Waals surface area contributed by atoms with Crippen LogP contribution in [0.3, 0.4) is 0 Å². The maximum Gasteiger partial charge on any atom is 0.0701 e. The first-order valence-electron chi connectivity index (χ1n) is 5.63. The second kappa shape index (κ2) is 5.34. The van der Waals surface area contributed by atoms with Crippen molar-refractivity contribution in [3.63, 3.8) is 0 Å². The Hall–Kier alpha value is -0.640. The van der Waals surface area contributed by atoms with E-state index in [1.165, 1.54) is 25.4 Å². The number of hydrogen-bond donors (Lipinski definition) is 1. The van der Waals surface area contributed by atoms with E-state index in [4.69, 9.17) is 5.73 Å². The van der Waals surface area contributed by atoms with Gasteiger partial charge in [-0.1, -0.05) is 18.2 Å². The van der Waals surface area contributed by atoms with Gasteiger partial charge in [-0.15, -0.1) is 11.3 Å². The van der Waals surface area contributed by atoms with Crippen molar-refractivity contribution >= 4 is 27.3 Å². The molecular weight excluding hydrogens is 294 g/mol. The Morgan fingerprint density at radius 2 is 1.94 bits per heavy atom. The average molecular weight is 310 g/mol. The van der Waals surface area contributed by atoms with Gasteiger partial charge in [0.2, 0.25) is 0 Å². The monoisotopic (exact) mass is 309 g/mol. The van der Waals surface area contributed by atoms with E-state index in [9.17, 15) is 0 Å². The minimum absolute atomic E-state index is 0.0832. The maximum atomic E-state index is 6.25. The van der Waals surface area contributed by atoms with E-state index in [-0.39, 0.29) is 6.04 Å². The molecule has 0 fully saturated rings. The molecule has 1 unspecified atom stereocenters. The molecule has 0 saturated heterocycles. The van der Waals surface area contributed by atoms with E-state index in [0.717, 1.165) is 6.42 Å². The van der Waals surface area contributed by atoms with E-state index in [1.807, 2.05) is 0 Å². The highest BCUT2D eigenvalue weighted by atomic mass is 79.9. The minimum atomic E-state index is 0.0832. The third kappa shape index (κ3) is 3.18. The highest BCUT2D eigenvalue weighted by Gasteiger charge is 2.09. The molecule has 2 N–H and O–H groups in total. The van der Waals surface area contributed by atoms with Crippen molar-refractivity contribution in [2.24, 2.45) is 5.73 Å². The van der Waals surface area contributed by atoms with Gasteiger partial charge in [-0.2, -0.15) is 0 Å². The minimum Gasteiger partial charge on any atom is -0.324 e. The van der Waals surface area contributed by atoms with Crippen molar-refractivity contribution < 1.29 is 0 Å². The van der Waals surface area contributed by atoms with E-state index in [0.29, 0.717) is 0 Å². The van der Waals surface area contributed by atoms with Gasteiger partial charge in [0.15, 0.2) is 0 Å². The van der Waals surface area contributed by atoms with Gasteiger partial charge in [0.05, 0.1) is 3.79 Å². The van der Waals surface area contributed by atoms with E-state index < -0.39 is 0 Å². The van der Waals surface area contributed by atoms with Gasteiger partial charge < -0.3 is 5.73 Å². The molecule has 1 nitrogen and oxygen atoms in total. The maximum absolute atomic E-state index is 6.25. The predicted molar refractivity (Wildman–Crippen MR) is 78.6 cm³/mol. The fraction of sp³-hybridized carbons (Fsp3) is 0.286. The number of halogens is 1. The van der Waals surface area contributed by atoms with Crippen molar-refractivity contribution in [3.05, 3.63) is 55.7 Å². The molecule has 0 spiro atoms. The lowest BCUT2D eigenvalue weighted by Crippen LogP contribution is -2.12. The summed E-state index contributed by atoms with van der Waals surface area (Å²) in [7, 11) is 0. The molecule has 0 aliphatic heterocycles. The number of hydrogen-bond acceptors (Lipinski definition) is 2. The van der Waals surface area contributed by atoms with Gasteiger partial charge in [-0.05, 0) is 58.6 Å². The Morgan fingerprint density at radius 1 is 1.18 bits per heavy atom. The lowest BCUT2D eigenvalue weighted by atomic mass is 9.99. The molecule has 0 bridgehead atoms. The van der Waals surface area contributed by atoms with Crippen LogP contribution in [0.15, 0.2) is 34.1 Å². The first-order chi connectivity index (χ1) is 8.06. The number of thiophene rings is 1. The van der Waals surface area contributed by atoms with Crippen LogP contribution in [0.4, 0.5) is 0 Å². The standard InChI is InChI=1S/C14H16BrNS/c1-9-3-4-11(7-10(9)2)13(16)8-12-5-6-14(15)17-12/h3-7,13H,8,16H2,1-2H3. The summed E-state index contributed by atoms with van der Waals surface area (Å²) < 4.78 is 1.17. The zero-order valence-electron chi connectivity index (χ0n) is 10.0. The Balaban J connectivity index is 2.14. The van der Waals surface area contributed by atoms with Crippen molar-refractivity contribution in [2.75, 3.05) is 0 Å². The van der Waals surface area contributed by atoms with Gasteiger partial charge in [0, 0.05) is 17.3 Å². The summed E-state index contributed by atoms with van der Waals surface area (Å²) in [6.07, 6.45) is 0.902. The summed E-state index contributed by atoms with van der Waals surface area (Å²) in [6, 6.07) is 10.8. The Morgan fingerprint density at radius 3 is 2.53 bits per heavy atom. The third-order valence-electron chi connectivity index (χ3n) is 3.01. The molecular formula is C14H16BrNS. The van der Waals surface area contributed by atoms with E-state index in [2.05, 4.69) is 60.1 Å². The van der Waals surface area contributed by atoms with E-state index in [1.54, 1.807) is 11.3 Å². The molecule has 1 aromatic heterocycles. The van der Waals surface area contributed by atoms with E-state index >= 15 is 0 Å². The molecule has 2 aromatic rings. The Kier molecular flexibility index (Phi) is 4.02. The summed E-state index contributed by atoms with van der Waals surface area (Å²) >= 11 is 5.23. The van der Waals surface area contributed by atoms with Gasteiger partial charge in [0.25, 0.3) is 0 Å². The summed E-state index contributed by atoms with van der Waals surface area (Å²) in [5.41, 5.74) is 10.1. The zero-order valence-corrected chi connectivity index (χ0v) is 12.4. The van der Waals surface area contributed by atoms with Crippen LogP contribution in [-0.2, 0) is 6.42 Å². The molecule has 0 aliphatic rings. The highest BCUT2D eigenvalue weighted by Crippen LogP contribution is 2.26. The van der Waals surface area contributed by atoms with Crippen LogP contribution < -0.4 is 5.73 Å². The Labute approximate surface area is 115 Å². The molecule has 1 aromatic carbocycles. The second-order valence-electron chi connectivity index (χ2n) is 4.36. The molecule has 2 rings (SSSR count). The second-order valence-corrected chi connectivity index (χ2v) is 6.91. The third-order valence-corrected chi connectivity index (χ3v) is 4.66. The normalized spacial score (nSPS) is 12.7. The van der Waals surface area contributed by atoms with Crippen LogP contribution in [0, 0.1) is 13.8 Å². The van der Waals surface area contributed by atoms with Crippen LogP contribution in [-0.4, -0.2) is 0 Å². The number of aryl methyl sites for hydroxylation is 2. The smallest absolute Gasteiger partial charge is 0.0701 e. The van der Waals surface area contributed by atoms with Crippen LogP contribution in [0.2, 0.25) is 0 Å². The quantitative estimate of drug-likeness (QED) is 0.895. The van der Waals surface area contributed by atoms with Crippen molar-refractivity contribution in [3.8, 4) is 0 Å². The summed E-state index contributed by atoms with van der Waals surface area (Å²) in [4.78, 5) is 1.32. The number of rotatable bonds is 3. The molecule has 0 radical (unpaired) electrons. The SMILES string of the molecule is Cc1ccc(C(N)Cc2ccc(Br)s2)cc1C. The molecule has 0 amide bonds. The molecule has 90 valence electrons. The van der Waals surface area contributed by atoms with Crippen LogP contribution in [0.1, 0.15) is 27.6 Å². The molecule has 3 heteroatoms.